The van der Waals surface area contributed by atoms with E-state index < -0.39 is 10.0 Å². The molecule has 9 heteroatoms. The van der Waals surface area contributed by atoms with Gasteiger partial charge >= 0.3 is 0 Å². The highest BCUT2D eigenvalue weighted by Gasteiger charge is 2.32. The highest BCUT2D eigenvalue weighted by Crippen LogP contribution is 2.35. The third-order valence-electron chi connectivity index (χ3n) is 7.31. The van der Waals surface area contributed by atoms with Crippen molar-refractivity contribution in [1.29, 1.82) is 0 Å². The van der Waals surface area contributed by atoms with Crippen LogP contribution >= 0.6 is 0 Å². The molecule has 0 bridgehead atoms. The van der Waals surface area contributed by atoms with Gasteiger partial charge in [-0.2, -0.15) is 4.31 Å². The molecule has 8 nitrogen and oxygen atoms in total. The second-order valence-corrected chi connectivity index (χ2v) is 11.8. The molecule has 0 saturated carbocycles. The van der Waals surface area contributed by atoms with Crippen LogP contribution in [0.15, 0.2) is 65.6 Å². The molecule has 3 aromatic carbocycles. The number of ether oxygens (including phenoxy) is 5. The van der Waals surface area contributed by atoms with Crippen LogP contribution < -0.4 is 18.9 Å². The first-order valence-electron chi connectivity index (χ1n) is 13.2. The first kappa shape index (κ1) is 27.3. The van der Waals surface area contributed by atoms with Crippen LogP contribution in [0.3, 0.4) is 0 Å². The summed E-state index contributed by atoms with van der Waals surface area (Å²) in [5.74, 6) is 1.90. The van der Waals surface area contributed by atoms with Crippen molar-refractivity contribution < 1.29 is 32.1 Å². The van der Waals surface area contributed by atoms with Crippen LogP contribution in [-0.4, -0.2) is 59.4 Å². The molecule has 0 N–H and O–H groups in total. The van der Waals surface area contributed by atoms with Crippen molar-refractivity contribution in [2.24, 2.45) is 0 Å². The lowest BCUT2D eigenvalue weighted by Gasteiger charge is -2.26. The molecule has 0 spiro atoms. The van der Waals surface area contributed by atoms with Crippen molar-refractivity contribution in [3.63, 3.8) is 0 Å². The maximum absolute atomic E-state index is 14.0. The molecular weight excluding hydrogens is 518 g/mol. The average molecular weight is 554 g/mol. The minimum Gasteiger partial charge on any atom is -0.497 e. The van der Waals surface area contributed by atoms with E-state index in [2.05, 4.69) is 12.1 Å². The van der Waals surface area contributed by atoms with E-state index in [1.807, 2.05) is 30.3 Å². The Hall–Kier alpha value is -3.27. The topological polar surface area (TPSA) is 83.5 Å². The number of methoxy groups -OCH3 is 3. The Balaban J connectivity index is 1.40. The van der Waals surface area contributed by atoms with Crippen molar-refractivity contribution in [3.8, 4) is 23.0 Å². The van der Waals surface area contributed by atoms with E-state index in [4.69, 9.17) is 23.7 Å². The number of hydrogen-bond donors (Lipinski definition) is 0. The first-order valence-corrected chi connectivity index (χ1v) is 14.6. The molecule has 0 amide bonds. The van der Waals surface area contributed by atoms with E-state index in [0.717, 1.165) is 31.2 Å². The van der Waals surface area contributed by atoms with Gasteiger partial charge < -0.3 is 23.7 Å². The fourth-order valence-electron chi connectivity index (χ4n) is 5.28. The molecule has 1 unspecified atom stereocenters. The molecule has 5 rings (SSSR count). The lowest BCUT2D eigenvalue weighted by atomic mass is 10.1. The van der Waals surface area contributed by atoms with Crippen LogP contribution in [0.1, 0.15) is 29.5 Å². The van der Waals surface area contributed by atoms with Gasteiger partial charge in [-0.3, -0.25) is 0 Å². The summed E-state index contributed by atoms with van der Waals surface area (Å²) < 4.78 is 58.0. The number of benzene rings is 3. The van der Waals surface area contributed by atoms with Gasteiger partial charge in [-0.1, -0.05) is 30.3 Å². The SMILES string of the molecule is COc1ccc(OC)c(S(=O)(=O)N(Cc2ccc(OC3Cc4ccccc4C3)c(OC)c2)CC2CCCO2)c1. The summed E-state index contributed by atoms with van der Waals surface area (Å²) in [6.07, 6.45) is 3.25. The van der Waals surface area contributed by atoms with E-state index in [0.29, 0.717) is 23.9 Å². The molecule has 1 aliphatic carbocycles. The number of rotatable bonds is 11. The molecule has 1 aliphatic heterocycles. The summed E-state index contributed by atoms with van der Waals surface area (Å²) in [5.41, 5.74) is 3.39. The highest BCUT2D eigenvalue weighted by atomic mass is 32.2. The van der Waals surface area contributed by atoms with Crippen molar-refractivity contribution in [3.05, 3.63) is 77.4 Å². The van der Waals surface area contributed by atoms with Crippen LogP contribution in [0.4, 0.5) is 0 Å². The number of sulfonamides is 1. The molecule has 1 saturated heterocycles. The van der Waals surface area contributed by atoms with E-state index in [9.17, 15) is 8.42 Å². The monoisotopic (exact) mass is 553 g/mol. The van der Waals surface area contributed by atoms with Crippen molar-refractivity contribution in [2.45, 2.75) is 49.3 Å². The van der Waals surface area contributed by atoms with Gasteiger partial charge in [-0.15, -0.1) is 0 Å². The Bertz CT molecular complexity index is 1380. The predicted molar refractivity (Wildman–Crippen MR) is 147 cm³/mol. The van der Waals surface area contributed by atoms with Crippen LogP contribution in [0.5, 0.6) is 23.0 Å². The molecule has 1 atom stereocenters. The molecule has 3 aromatic rings. The number of hydrogen-bond acceptors (Lipinski definition) is 7. The Morgan fingerprint density at radius 2 is 1.59 bits per heavy atom. The predicted octanol–water partition coefficient (Wildman–Crippen LogP) is 4.63. The van der Waals surface area contributed by atoms with Crippen LogP contribution in [0.2, 0.25) is 0 Å². The van der Waals surface area contributed by atoms with Crippen LogP contribution in [0.25, 0.3) is 0 Å². The zero-order valence-electron chi connectivity index (χ0n) is 22.6. The van der Waals surface area contributed by atoms with E-state index in [1.165, 1.54) is 35.7 Å². The maximum atomic E-state index is 14.0. The van der Waals surface area contributed by atoms with Crippen LogP contribution in [-0.2, 0) is 34.1 Å². The second kappa shape index (κ2) is 11.9. The summed E-state index contributed by atoms with van der Waals surface area (Å²) >= 11 is 0. The minimum atomic E-state index is -3.96. The van der Waals surface area contributed by atoms with Gasteiger partial charge in [0.15, 0.2) is 11.5 Å². The standard InChI is InChI=1S/C30H35NO7S/c1-34-24-11-13-28(35-2)30(18-24)39(32,33)31(20-25-9-6-14-37-25)19-21-10-12-27(29(15-21)36-3)38-26-16-22-7-4-5-8-23(22)17-26/h4-5,7-8,10-13,15,18,25-26H,6,9,14,16-17,19-20H2,1-3H3. The number of fused-ring (bicyclic) bond motifs is 1. The Morgan fingerprint density at radius 3 is 2.23 bits per heavy atom. The summed E-state index contributed by atoms with van der Waals surface area (Å²) in [7, 11) is 0.588. The fraction of sp³-hybridized carbons (Fsp3) is 0.400. The molecule has 0 aromatic heterocycles. The van der Waals surface area contributed by atoms with Crippen molar-refractivity contribution in [1.82, 2.24) is 4.31 Å². The highest BCUT2D eigenvalue weighted by molar-refractivity contribution is 7.89. The van der Waals surface area contributed by atoms with Gasteiger partial charge in [0.1, 0.15) is 22.5 Å². The average Bonchev–Trinajstić information content (AvgIpc) is 3.62. The van der Waals surface area contributed by atoms with Gasteiger partial charge in [0.05, 0.1) is 27.4 Å². The maximum Gasteiger partial charge on any atom is 0.247 e. The van der Waals surface area contributed by atoms with Gasteiger partial charge in [0.2, 0.25) is 10.0 Å². The normalized spacial score (nSPS) is 17.3. The van der Waals surface area contributed by atoms with Gasteiger partial charge in [0, 0.05) is 38.6 Å². The fourth-order valence-corrected chi connectivity index (χ4v) is 6.91. The van der Waals surface area contributed by atoms with E-state index in [-0.39, 0.29) is 35.9 Å². The van der Waals surface area contributed by atoms with Gasteiger partial charge in [-0.25, -0.2) is 8.42 Å². The third kappa shape index (κ3) is 6.00. The van der Waals surface area contributed by atoms with Crippen LogP contribution in [0, 0.1) is 0 Å². The Labute approximate surface area is 230 Å². The summed E-state index contributed by atoms with van der Waals surface area (Å²) in [4.78, 5) is 0.0510. The Kier molecular flexibility index (Phi) is 8.30. The summed E-state index contributed by atoms with van der Waals surface area (Å²) in [5, 5.41) is 0. The Morgan fingerprint density at radius 1 is 0.872 bits per heavy atom. The molecule has 2 aliphatic rings. The quantitative estimate of drug-likeness (QED) is 0.342. The van der Waals surface area contributed by atoms with E-state index >= 15 is 0 Å². The van der Waals surface area contributed by atoms with Crippen molar-refractivity contribution >= 4 is 10.0 Å². The smallest absolute Gasteiger partial charge is 0.247 e. The molecule has 39 heavy (non-hydrogen) atoms. The van der Waals surface area contributed by atoms with Gasteiger partial charge in [-0.05, 0) is 53.8 Å². The van der Waals surface area contributed by atoms with E-state index in [1.54, 1.807) is 19.2 Å². The lowest BCUT2D eigenvalue weighted by Crippen LogP contribution is -2.37. The summed E-state index contributed by atoms with van der Waals surface area (Å²) in [6, 6.07) is 18.7. The zero-order chi connectivity index (χ0) is 27.4. The largest absolute Gasteiger partial charge is 0.497 e. The molecule has 1 heterocycles. The minimum absolute atomic E-state index is 0.0269. The first-order chi connectivity index (χ1) is 18.9. The molecule has 208 valence electrons. The molecular formula is C30H35NO7S. The third-order valence-corrected chi connectivity index (χ3v) is 9.15. The molecule has 1 fully saturated rings. The van der Waals surface area contributed by atoms with Gasteiger partial charge in [0.25, 0.3) is 0 Å². The summed E-state index contributed by atoms with van der Waals surface area (Å²) in [6.45, 7) is 0.990. The number of nitrogens with zero attached hydrogens (tertiary/aromatic N) is 1. The molecule has 0 radical (unpaired) electrons. The van der Waals surface area contributed by atoms with Crippen molar-refractivity contribution in [2.75, 3.05) is 34.5 Å². The second-order valence-electron chi connectivity index (χ2n) is 9.85. The lowest BCUT2D eigenvalue weighted by molar-refractivity contribution is 0.0925. The zero-order valence-corrected chi connectivity index (χ0v) is 23.4.